The van der Waals surface area contributed by atoms with Gasteiger partial charge >= 0.3 is 0 Å². The van der Waals surface area contributed by atoms with Crippen molar-refractivity contribution in [2.75, 3.05) is 0 Å². The molecule has 0 spiro atoms. The lowest BCUT2D eigenvalue weighted by Gasteiger charge is -2.10. The first-order valence-electron chi connectivity index (χ1n) is 10.1. The van der Waals surface area contributed by atoms with Crippen molar-refractivity contribution in [1.82, 2.24) is 15.0 Å². The molecule has 154 valence electrons. The Kier molecular flexibility index (Phi) is 5.80. The highest BCUT2D eigenvalue weighted by Crippen LogP contribution is 2.32. The highest BCUT2D eigenvalue weighted by atomic mass is 79.9. The molecule has 1 aromatic heterocycles. The highest BCUT2D eigenvalue weighted by Gasteiger charge is 2.12. The third-order valence-corrected chi connectivity index (χ3v) is 6.01. The summed E-state index contributed by atoms with van der Waals surface area (Å²) in [7, 11) is 0. The van der Waals surface area contributed by atoms with Crippen molar-refractivity contribution < 1.29 is 0 Å². The Morgan fingerprint density at radius 2 is 0.938 bits per heavy atom. The molecule has 0 N–H and O–H groups in total. The Morgan fingerprint density at radius 3 is 1.44 bits per heavy atom. The molecule has 32 heavy (non-hydrogen) atoms. The molecule has 3 nitrogen and oxygen atoms in total. The highest BCUT2D eigenvalue weighted by molar-refractivity contribution is 9.10. The van der Waals surface area contributed by atoms with E-state index in [2.05, 4.69) is 28.1 Å². The summed E-state index contributed by atoms with van der Waals surface area (Å²) < 4.78 is 0.993. The maximum absolute atomic E-state index is 6.20. The quantitative estimate of drug-likeness (QED) is 0.252. The Balaban J connectivity index is 1.60. The summed E-state index contributed by atoms with van der Waals surface area (Å²) >= 11 is 9.81. The van der Waals surface area contributed by atoms with Crippen molar-refractivity contribution in [1.29, 1.82) is 0 Å². The van der Waals surface area contributed by atoms with Crippen LogP contribution in [0.5, 0.6) is 0 Å². The van der Waals surface area contributed by atoms with Gasteiger partial charge in [0.1, 0.15) is 0 Å². The topological polar surface area (TPSA) is 38.7 Å². The van der Waals surface area contributed by atoms with Crippen molar-refractivity contribution in [3.8, 4) is 45.3 Å². The van der Waals surface area contributed by atoms with Gasteiger partial charge in [-0.3, -0.25) is 0 Å². The largest absolute Gasteiger partial charge is 0.208 e. The Bertz CT molecular complexity index is 1310. The molecule has 5 aromatic rings. The summed E-state index contributed by atoms with van der Waals surface area (Å²) in [5.41, 5.74) is 4.92. The fourth-order valence-electron chi connectivity index (χ4n) is 3.46. The SMILES string of the molecule is Clc1ccc(Br)c(-c2ccc(-c3nc(-c4ccccc4)nc(-c4ccccc4)n3)cc2)c1. The molecule has 0 aliphatic rings. The van der Waals surface area contributed by atoms with Crippen LogP contribution in [-0.2, 0) is 0 Å². The number of benzene rings is 4. The summed E-state index contributed by atoms with van der Waals surface area (Å²) in [6.07, 6.45) is 0. The summed E-state index contributed by atoms with van der Waals surface area (Å²) in [6.45, 7) is 0. The van der Waals surface area contributed by atoms with Crippen molar-refractivity contribution >= 4 is 27.5 Å². The van der Waals surface area contributed by atoms with E-state index in [1.807, 2.05) is 91.0 Å². The van der Waals surface area contributed by atoms with E-state index < -0.39 is 0 Å². The lowest BCUT2D eigenvalue weighted by atomic mass is 10.0. The maximum atomic E-state index is 6.20. The standard InChI is InChI=1S/C27H17BrClN3/c28-24-16-15-22(29)17-23(24)18-11-13-21(14-12-18)27-31-25(19-7-3-1-4-8-19)30-26(32-27)20-9-5-2-6-10-20/h1-17H. The van der Waals surface area contributed by atoms with Gasteiger partial charge in [0.15, 0.2) is 17.5 Å². The Hall–Kier alpha value is -3.34. The van der Waals surface area contributed by atoms with Crippen LogP contribution in [-0.4, -0.2) is 15.0 Å². The molecule has 0 amide bonds. The molecule has 0 bridgehead atoms. The van der Waals surface area contributed by atoms with Gasteiger partial charge in [0.2, 0.25) is 0 Å². The second-order valence-electron chi connectivity index (χ2n) is 7.24. The van der Waals surface area contributed by atoms with Crippen molar-refractivity contribution in [2.24, 2.45) is 0 Å². The third-order valence-electron chi connectivity index (χ3n) is 5.08. The molecule has 5 heteroatoms. The first-order chi connectivity index (χ1) is 15.7. The van der Waals surface area contributed by atoms with Crippen molar-refractivity contribution in [3.63, 3.8) is 0 Å². The number of rotatable bonds is 4. The van der Waals surface area contributed by atoms with Crippen molar-refractivity contribution in [2.45, 2.75) is 0 Å². The van der Waals surface area contributed by atoms with Crippen LogP contribution in [0.1, 0.15) is 0 Å². The van der Waals surface area contributed by atoms with Crippen molar-refractivity contribution in [3.05, 3.63) is 113 Å². The van der Waals surface area contributed by atoms with E-state index in [9.17, 15) is 0 Å². The van der Waals surface area contributed by atoms with Crippen LogP contribution in [0.4, 0.5) is 0 Å². The van der Waals surface area contributed by atoms with Crippen LogP contribution in [0.3, 0.4) is 0 Å². The number of hydrogen-bond donors (Lipinski definition) is 0. The van der Waals surface area contributed by atoms with E-state index >= 15 is 0 Å². The van der Waals surface area contributed by atoms with E-state index in [4.69, 9.17) is 26.6 Å². The van der Waals surface area contributed by atoms with Crippen LogP contribution in [0.25, 0.3) is 45.3 Å². The van der Waals surface area contributed by atoms with Crippen LogP contribution < -0.4 is 0 Å². The minimum atomic E-state index is 0.634. The lowest BCUT2D eigenvalue weighted by Crippen LogP contribution is -2.00. The van der Waals surface area contributed by atoms with E-state index in [0.717, 1.165) is 32.3 Å². The second-order valence-corrected chi connectivity index (χ2v) is 8.53. The predicted molar refractivity (Wildman–Crippen MR) is 134 cm³/mol. The van der Waals surface area contributed by atoms with Crippen LogP contribution in [0.2, 0.25) is 5.02 Å². The zero-order valence-corrected chi connectivity index (χ0v) is 19.3. The maximum Gasteiger partial charge on any atom is 0.164 e. The molecule has 0 saturated heterocycles. The first-order valence-corrected chi connectivity index (χ1v) is 11.3. The summed E-state index contributed by atoms with van der Waals surface area (Å²) in [4.78, 5) is 14.3. The second kappa shape index (κ2) is 9.03. The van der Waals surface area contributed by atoms with E-state index in [1.165, 1.54) is 0 Å². The van der Waals surface area contributed by atoms with E-state index in [1.54, 1.807) is 0 Å². The molecule has 0 aliphatic carbocycles. The zero-order chi connectivity index (χ0) is 21.9. The molecular weight excluding hydrogens is 482 g/mol. The molecule has 0 saturated carbocycles. The van der Waals surface area contributed by atoms with Gasteiger partial charge in [0.25, 0.3) is 0 Å². The van der Waals surface area contributed by atoms with Gasteiger partial charge < -0.3 is 0 Å². The average molecular weight is 499 g/mol. The molecule has 0 fully saturated rings. The fourth-order valence-corrected chi connectivity index (χ4v) is 4.10. The van der Waals surface area contributed by atoms with Gasteiger partial charge in [-0.05, 0) is 29.3 Å². The van der Waals surface area contributed by atoms with Gasteiger partial charge in [-0.15, -0.1) is 0 Å². The molecular formula is C27H17BrClN3. The summed E-state index contributed by atoms with van der Waals surface area (Å²) in [5.74, 6) is 1.93. The van der Waals surface area contributed by atoms with E-state index in [-0.39, 0.29) is 0 Å². The van der Waals surface area contributed by atoms with Gasteiger partial charge in [0, 0.05) is 26.2 Å². The molecule has 4 aromatic carbocycles. The smallest absolute Gasteiger partial charge is 0.164 e. The lowest BCUT2D eigenvalue weighted by molar-refractivity contribution is 1.07. The number of halogens is 2. The fraction of sp³-hybridized carbons (Fsp3) is 0. The molecule has 1 heterocycles. The van der Waals surface area contributed by atoms with E-state index in [0.29, 0.717) is 22.5 Å². The van der Waals surface area contributed by atoms with Crippen LogP contribution >= 0.6 is 27.5 Å². The molecule has 5 rings (SSSR count). The summed E-state index contributed by atoms with van der Waals surface area (Å²) in [6, 6.07) is 33.9. The number of aromatic nitrogens is 3. The molecule has 0 radical (unpaired) electrons. The molecule has 0 aliphatic heterocycles. The molecule has 0 unspecified atom stereocenters. The van der Waals surface area contributed by atoms with Gasteiger partial charge in [-0.1, -0.05) is 112 Å². The zero-order valence-electron chi connectivity index (χ0n) is 16.9. The predicted octanol–water partition coefficient (Wildman–Crippen LogP) is 7.96. The summed E-state index contributed by atoms with van der Waals surface area (Å²) in [5, 5.41) is 0.699. The monoisotopic (exact) mass is 497 g/mol. The molecule has 0 atom stereocenters. The van der Waals surface area contributed by atoms with Gasteiger partial charge in [0.05, 0.1) is 0 Å². The Labute approximate surface area is 199 Å². The Morgan fingerprint density at radius 1 is 0.500 bits per heavy atom. The average Bonchev–Trinajstić information content (AvgIpc) is 2.86. The normalized spacial score (nSPS) is 10.8. The number of nitrogens with zero attached hydrogens (tertiary/aromatic N) is 3. The van der Waals surface area contributed by atoms with Gasteiger partial charge in [-0.25, -0.2) is 15.0 Å². The van der Waals surface area contributed by atoms with Gasteiger partial charge in [-0.2, -0.15) is 0 Å². The minimum Gasteiger partial charge on any atom is -0.208 e. The van der Waals surface area contributed by atoms with Crippen LogP contribution in [0.15, 0.2) is 108 Å². The first kappa shape index (κ1) is 20.6. The third kappa shape index (κ3) is 4.33. The minimum absolute atomic E-state index is 0.634. The van der Waals surface area contributed by atoms with Crippen LogP contribution in [0, 0.1) is 0 Å². The number of hydrogen-bond acceptors (Lipinski definition) is 3.